The van der Waals surface area contributed by atoms with Crippen molar-refractivity contribution in [2.24, 2.45) is 0 Å². The molecule has 0 amide bonds. The van der Waals surface area contributed by atoms with Crippen molar-refractivity contribution in [1.29, 1.82) is 0 Å². The van der Waals surface area contributed by atoms with Gasteiger partial charge in [-0.2, -0.15) is 0 Å². The molecule has 0 saturated carbocycles. The maximum atomic E-state index is 12.3. The summed E-state index contributed by atoms with van der Waals surface area (Å²) in [6.45, 7) is 4.82. The van der Waals surface area contributed by atoms with Crippen LogP contribution >= 0.6 is 0 Å². The van der Waals surface area contributed by atoms with Crippen molar-refractivity contribution in [1.82, 2.24) is 0 Å². The molecule has 0 aliphatic carbocycles. The van der Waals surface area contributed by atoms with Crippen molar-refractivity contribution < 1.29 is 19.0 Å². The molecular formula is C26H29NO4. The largest absolute Gasteiger partial charge is 0.467 e. The van der Waals surface area contributed by atoms with Crippen LogP contribution in [0.1, 0.15) is 40.7 Å². The molecule has 0 saturated heterocycles. The van der Waals surface area contributed by atoms with Gasteiger partial charge in [0.15, 0.2) is 6.79 Å². The highest BCUT2D eigenvalue weighted by molar-refractivity contribution is 5.98. The lowest BCUT2D eigenvalue weighted by atomic mass is 9.94. The molecule has 3 rings (SSSR count). The van der Waals surface area contributed by atoms with E-state index in [4.69, 9.17) is 19.9 Å². The topological polar surface area (TPSA) is 70.8 Å². The number of carbonyl (C=O) groups excluding carboxylic acids is 1. The van der Waals surface area contributed by atoms with Crippen molar-refractivity contribution >= 4 is 11.7 Å². The van der Waals surface area contributed by atoms with Crippen molar-refractivity contribution in [3.05, 3.63) is 83.4 Å². The van der Waals surface area contributed by atoms with Crippen LogP contribution in [-0.4, -0.2) is 26.5 Å². The molecule has 1 unspecified atom stereocenters. The Morgan fingerprint density at radius 2 is 1.71 bits per heavy atom. The number of benzene rings is 3. The molecule has 0 aromatic heterocycles. The van der Waals surface area contributed by atoms with Crippen LogP contribution in [0.4, 0.5) is 5.69 Å². The van der Waals surface area contributed by atoms with E-state index in [1.165, 1.54) is 12.7 Å². The van der Waals surface area contributed by atoms with Crippen molar-refractivity contribution in [3.8, 4) is 16.9 Å². The van der Waals surface area contributed by atoms with Gasteiger partial charge in [-0.1, -0.05) is 49.4 Å². The van der Waals surface area contributed by atoms with E-state index in [2.05, 4.69) is 6.92 Å². The Kier molecular flexibility index (Phi) is 7.68. The van der Waals surface area contributed by atoms with E-state index in [0.29, 0.717) is 23.8 Å². The number of esters is 1. The Labute approximate surface area is 183 Å². The van der Waals surface area contributed by atoms with Gasteiger partial charge in [0.25, 0.3) is 0 Å². The first-order chi connectivity index (χ1) is 15.0. The molecule has 162 valence electrons. The van der Waals surface area contributed by atoms with E-state index in [1.807, 2.05) is 61.5 Å². The number of rotatable bonds is 9. The number of ether oxygens (including phenoxy) is 3. The average molecular weight is 420 g/mol. The van der Waals surface area contributed by atoms with E-state index >= 15 is 0 Å². The Balaban J connectivity index is 1.63. The smallest absolute Gasteiger partial charge is 0.338 e. The minimum Gasteiger partial charge on any atom is -0.467 e. The van der Waals surface area contributed by atoms with E-state index in [-0.39, 0.29) is 12.8 Å². The lowest BCUT2D eigenvalue weighted by Gasteiger charge is -2.17. The second kappa shape index (κ2) is 10.6. The van der Waals surface area contributed by atoms with Crippen LogP contribution < -0.4 is 10.5 Å². The number of carbonyl (C=O) groups is 1. The van der Waals surface area contributed by atoms with Crippen LogP contribution in [0.25, 0.3) is 11.1 Å². The third-order valence-corrected chi connectivity index (χ3v) is 5.38. The molecule has 0 bridgehead atoms. The Bertz CT molecular complexity index is 1000. The van der Waals surface area contributed by atoms with Crippen LogP contribution in [0.3, 0.4) is 0 Å². The Morgan fingerprint density at radius 1 is 1.00 bits per heavy atom. The van der Waals surface area contributed by atoms with E-state index in [1.54, 1.807) is 12.1 Å². The summed E-state index contributed by atoms with van der Waals surface area (Å²) < 4.78 is 16.6. The van der Waals surface area contributed by atoms with Crippen LogP contribution in [-0.2, 0) is 9.47 Å². The molecule has 0 spiro atoms. The van der Waals surface area contributed by atoms with Gasteiger partial charge in [0.2, 0.25) is 0 Å². The van der Waals surface area contributed by atoms with Crippen molar-refractivity contribution in [3.63, 3.8) is 0 Å². The monoisotopic (exact) mass is 419 g/mol. The van der Waals surface area contributed by atoms with Gasteiger partial charge in [0.05, 0.1) is 19.3 Å². The van der Waals surface area contributed by atoms with Gasteiger partial charge in [-0.05, 0) is 60.2 Å². The third kappa shape index (κ3) is 5.64. The summed E-state index contributed by atoms with van der Waals surface area (Å²) in [5, 5.41) is 0. The number of anilines is 1. The van der Waals surface area contributed by atoms with Gasteiger partial charge in [0.1, 0.15) is 5.75 Å². The standard InChI is InChI=1S/C26H29NO4/c1-18(20-9-11-22(27)12-10-20)15-16-30-17-31-24-14-13-23(26(28)29-3)25(19(24)2)21-7-5-4-6-8-21/h4-14,18H,15-17,27H2,1-3H3. The number of nitrogen functional groups attached to an aromatic ring is 1. The first-order valence-corrected chi connectivity index (χ1v) is 10.3. The average Bonchev–Trinajstić information content (AvgIpc) is 2.80. The summed E-state index contributed by atoms with van der Waals surface area (Å²) in [7, 11) is 1.38. The fraction of sp³-hybridized carbons (Fsp3) is 0.269. The first kappa shape index (κ1) is 22.4. The predicted molar refractivity (Wildman–Crippen MR) is 123 cm³/mol. The quantitative estimate of drug-likeness (QED) is 0.212. The lowest BCUT2D eigenvalue weighted by Crippen LogP contribution is -2.09. The molecule has 5 heteroatoms. The maximum Gasteiger partial charge on any atom is 0.338 e. The number of nitrogens with two attached hydrogens (primary N) is 1. The van der Waals surface area contributed by atoms with Gasteiger partial charge >= 0.3 is 5.97 Å². The van der Waals surface area contributed by atoms with E-state index in [9.17, 15) is 4.79 Å². The fourth-order valence-corrected chi connectivity index (χ4v) is 3.52. The summed E-state index contributed by atoms with van der Waals surface area (Å²) >= 11 is 0. The molecule has 2 N–H and O–H groups in total. The second-order valence-electron chi connectivity index (χ2n) is 7.50. The molecular weight excluding hydrogens is 390 g/mol. The van der Waals surface area contributed by atoms with Crippen molar-refractivity contribution in [2.45, 2.75) is 26.2 Å². The summed E-state index contributed by atoms with van der Waals surface area (Å²) in [6, 6.07) is 21.2. The van der Waals surface area contributed by atoms with Gasteiger partial charge in [-0.25, -0.2) is 4.79 Å². The molecule has 3 aromatic rings. The van der Waals surface area contributed by atoms with Gasteiger partial charge in [0, 0.05) is 11.3 Å². The number of hydrogen-bond acceptors (Lipinski definition) is 5. The van der Waals surface area contributed by atoms with E-state index < -0.39 is 0 Å². The molecule has 0 aliphatic rings. The van der Waals surface area contributed by atoms with Crippen LogP contribution in [0.15, 0.2) is 66.7 Å². The zero-order valence-electron chi connectivity index (χ0n) is 18.3. The second-order valence-corrected chi connectivity index (χ2v) is 7.50. The SMILES string of the molecule is COC(=O)c1ccc(OCOCCC(C)c2ccc(N)cc2)c(C)c1-c1ccccc1. The molecule has 0 radical (unpaired) electrons. The molecule has 5 nitrogen and oxygen atoms in total. The third-order valence-electron chi connectivity index (χ3n) is 5.38. The van der Waals surface area contributed by atoms with Crippen LogP contribution in [0.2, 0.25) is 0 Å². The Morgan fingerprint density at radius 3 is 2.39 bits per heavy atom. The normalized spacial score (nSPS) is 11.7. The molecule has 0 aliphatic heterocycles. The zero-order valence-corrected chi connectivity index (χ0v) is 18.3. The van der Waals surface area contributed by atoms with E-state index in [0.717, 1.165) is 28.8 Å². The predicted octanol–water partition coefficient (Wildman–Crippen LogP) is 5.58. The minimum atomic E-state index is -0.374. The minimum absolute atomic E-state index is 0.140. The first-order valence-electron chi connectivity index (χ1n) is 10.3. The highest BCUT2D eigenvalue weighted by atomic mass is 16.7. The highest BCUT2D eigenvalue weighted by Gasteiger charge is 2.18. The van der Waals surface area contributed by atoms with Crippen LogP contribution in [0.5, 0.6) is 5.75 Å². The van der Waals surface area contributed by atoms with Crippen LogP contribution in [0, 0.1) is 6.92 Å². The molecule has 3 aromatic carbocycles. The molecule has 1 atom stereocenters. The molecule has 0 heterocycles. The summed E-state index contributed by atoms with van der Waals surface area (Å²) in [5.74, 6) is 0.672. The number of hydrogen-bond donors (Lipinski definition) is 1. The molecule has 31 heavy (non-hydrogen) atoms. The zero-order chi connectivity index (χ0) is 22.2. The van der Waals surface area contributed by atoms with Gasteiger partial charge in [-0.3, -0.25) is 0 Å². The lowest BCUT2D eigenvalue weighted by molar-refractivity contribution is 0.0122. The van der Waals surface area contributed by atoms with Crippen molar-refractivity contribution in [2.75, 3.05) is 26.2 Å². The van der Waals surface area contributed by atoms with Gasteiger partial charge < -0.3 is 19.9 Å². The van der Waals surface area contributed by atoms with Gasteiger partial charge in [-0.15, -0.1) is 0 Å². The Hall–Kier alpha value is -3.31. The highest BCUT2D eigenvalue weighted by Crippen LogP contribution is 2.34. The maximum absolute atomic E-state index is 12.3. The summed E-state index contributed by atoms with van der Waals surface area (Å²) in [4.78, 5) is 12.3. The molecule has 0 fully saturated rings. The summed E-state index contributed by atoms with van der Waals surface area (Å²) in [6.07, 6.45) is 0.878. The fourth-order valence-electron chi connectivity index (χ4n) is 3.52. The number of methoxy groups -OCH3 is 1. The summed E-state index contributed by atoms with van der Waals surface area (Å²) in [5.41, 5.74) is 10.9.